The molecule has 0 radical (unpaired) electrons. The third-order valence-electron chi connectivity index (χ3n) is 5.81. The summed E-state index contributed by atoms with van der Waals surface area (Å²) in [6.07, 6.45) is -3.23. The zero-order valence-electron chi connectivity index (χ0n) is 18.2. The zero-order chi connectivity index (χ0) is 23.8. The molecule has 1 aromatic carbocycles. The van der Waals surface area contributed by atoms with Gasteiger partial charge in [-0.15, -0.1) is 0 Å². The molecule has 0 spiro atoms. The SMILES string of the molecule is Cc1cc(Cl)ncc1-c1c(C)c(C(F)(F)F)n(Cc2ccccc2)c1C(=O)N1CCOCC1. The second-order valence-electron chi connectivity index (χ2n) is 7.99. The first-order valence-electron chi connectivity index (χ1n) is 10.5. The van der Waals surface area contributed by atoms with Gasteiger partial charge in [-0.2, -0.15) is 13.2 Å². The summed E-state index contributed by atoms with van der Waals surface area (Å²) in [6.45, 7) is 4.36. The van der Waals surface area contributed by atoms with Crippen LogP contribution in [0.5, 0.6) is 0 Å². The Hall–Kier alpha value is -2.84. The minimum Gasteiger partial charge on any atom is -0.378 e. The number of rotatable bonds is 4. The third kappa shape index (κ3) is 4.63. The van der Waals surface area contributed by atoms with Crippen molar-refractivity contribution in [2.45, 2.75) is 26.6 Å². The molecule has 5 nitrogen and oxygen atoms in total. The molecular formula is C24H23ClF3N3O2. The topological polar surface area (TPSA) is 47.4 Å². The quantitative estimate of drug-likeness (QED) is 0.475. The molecule has 174 valence electrons. The zero-order valence-corrected chi connectivity index (χ0v) is 19.0. The summed E-state index contributed by atoms with van der Waals surface area (Å²) in [5.41, 5.74) is 1.13. The molecule has 0 aliphatic carbocycles. The molecule has 3 heterocycles. The fraction of sp³-hybridized carbons (Fsp3) is 0.333. The number of nitrogens with zero attached hydrogens (tertiary/aromatic N) is 3. The van der Waals surface area contributed by atoms with Crippen molar-refractivity contribution in [2.24, 2.45) is 0 Å². The lowest BCUT2D eigenvalue weighted by Gasteiger charge is -2.28. The summed E-state index contributed by atoms with van der Waals surface area (Å²) >= 11 is 6.00. The van der Waals surface area contributed by atoms with E-state index in [0.717, 1.165) is 4.57 Å². The molecule has 2 aromatic heterocycles. The molecule has 0 unspecified atom stereocenters. The maximum Gasteiger partial charge on any atom is 0.431 e. The second-order valence-corrected chi connectivity index (χ2v) is 8.38. The Morgan fingerprint density at radius 2 is 1.82 bits per heavy atom. The van der Waals surface area contributed by atoms with Gasteiger partial charge in [-0.3, -0.25) is 4.79 Å². The van der Waals surface area contributed by atoms with Gasteiger partial charge in [0.1, 0.15) is 16.5 Å². The molecule has 0 bridgehead atoms. The van der Waals surface area contributed by atoms with Crippen molar-refractivity contribution in [3.8, 4) is 11.1 Å². The van der Waals surface area contributed by atoms with E-state index in [1.54, 1.807) is 48.2 Å². The van der Waals surface area contributed by atoms with Crippen molar-refractivity contribution in [1.82, 2.24) is 14.5 Å². The number of carbonyl (C=O) groups is 1. The molecule has 1 fully saturated rings. The van der Waals surface area contributed by atoms with E-state index in [9.17, 15) is 18.0 Å². The summed E-state index contributed by atoms with van der Waals surface area (Å²) in [7, 11) is 0. The van der Waals surface area contributed by atoms with Gasteiger partial charge >= 0.3 is 6.18 Å². The first-order valence-corrected chi connectivity index (χ1v) is 10.9. The Balaban J connectivity index is 2.01. The van der Waals surface area contributed by atoms with E-state index in [-0.39, 0.29) is 28.5 Å². The number of carbonyl (C=O) groups excluding carboxylic acids is 1. The van der Waals surface area contributed by atoms with Crippen LogP contribution in [-0.2, 0) is 17.5 Å². The fourth-order valence-electron chi connectivity index (χ4n) is 4.29. The van der Waals surface area contributed by atoms with Gasteiger partial charge in [0.05, 0.1) is 13.2 Å². The number of halogens is 4. The Morgan fingerprint density at radius 1 is 1.15 bits per heavy atom. The summed E-state index contributed by atoms with van der Waals surface area (Å²) < 4.78 is 49.6. The molecule has 0 saturated carbocycles. The van der Waals surface area contributed by atoms with Crippen molar-refractivity contribution < 1.29 is 22.7 Å². The fourth-order valence-corrected chi connectivity index (χ4v) is 4.50. The minimum atomic E-state index is -4.66. The standard InChI is InChI=1S/C24H23ClF3N3O2/c1-15-12-19(25)29-13-18(15)20-16(2)22(24(26,27)28)31(14-17-6-4-3-5-7-17)21(20)23(32)30-8-10-33-11-9-30/h3-7,12-13H,8-11,14H2,1-2H3. The average molecular weight is 478 g/mol. The number of pyridine rings is 1. The Kier molecular flexibility index (Phi) is 6.50. The highest BCUT2D eigenvalue weighted by atomic mass is 35.5. The number of aromatic nitrogens is 2. The van der Waals surface area contributed by atoms with Crippen LogP contribution in [0.15, 0.2) is 42.6 Å². The lowest BCUT2D eigenvalue weighted by molar-refractivity contribution is -0.143. The minimum absolute atomic E-state index is 0.00204. The molecule has 0 N–H and O–H groups in total. The van der Waals surface area contributed by atoms with Crippen LogP contribution < -0.4 is 0 Å². The van der Waals surface area contributed by atoms with Crippen molar-refractivity contribution >= 4 is 17.5 Å². The third-order valence-corrected chi connectivity index (χ3v) is 6.01. The van der Waals surface area contributed by atoms with E-state index in [4.69, 9.17) is 16.3 Å². The average Bonchev–Trinajstić information content (AvgIpc) is 3.06. The predicted molar refractivity (Wildman–Crippen MR) is 119 cm³/mol. The lowest BCUT2D eigenvalue weighted by Crippen LogP contribution is -2.41. The highest BCUT2D eigenvalue weighted by Gasteiger charge is 2.42. The van der Waals surface area contributed by atoms with Gasteiger partial charge in [0, 0.05) is 37.0 Å². The van der Waals surface area contributed by atoms with Gasteiger partial charge < -0.3 is 14.2 Å². The van der Waals surface area contributed by atoms with E-state index in [1.165, 1.54) is 13.1 Å². The van der Waals surface area contributed by atoms with Crippen LogP contribution in [-0.4, -0.2) is 46.7 Å². The Labute approximate surface area is 194 Å². The van der Waals surface area contributed by atoms with E-state index < -0.39 is 17.8 Å². The van der Waals surface area contributed by atoms with Crippen LogP contribution in [0.2, 0.25) is 5.15 Å². The number of amides is 1. The van der Waals surface area contributed by atoms with Crippen LogP contribution in [0, 0.1) is 13.8 Å². The summed E-state index contributed by atoms with van der Waals surface area (Å²) in [6, 6.07) is 10.4. The van der Waals surface area contributed by atoms with Crippen LogP contribution >= 0.6 is 11.6 Å². The van der Waals surface area contributed by atoms with Gasteiger partial charge in [0.2, 0.25) is 0 Å². The number of morpholine rings is 1. The lowest BCUT2D eigenvalue weighted by atomic mass is 9.98. The van der Waals surface area contributed by atoms with Gasteiger partial charge in [-0.1, -0.05) is 41.9 Å². The second kappa shape index (κ2) is 9.19. The van der Waals surface area contributed by atoms with Crippen LogP contribution in [0.4, 0.5) is 13.2 Å². The molecule has 1 aliphatic rings. The van der Waals surface area contributed by atoms with Crippen molar-refractivity contribution in [3.63, 3.8) is 0 Å². The normalized spacial score (nSPS) is 14.5. The highest BCUT2D eigenvalue weighted by molar-refractivity contribution is 6.29. The van der Waals surface area contributed by atoms with Crippen LogP contribution in [0.25, 0.3) is 11.1 Å². The summed E-state index contributed by atoms with van der Waals surface area (Å²) in [5.74, 6) is -0.461. The van der Waals surface area contributed by atoms with Gasteiger partial charge in [0.15, 0.2) is 0 Å². The molecule has 1 aliphatic heterocycles. The maximum atomic E-state index is 14.4. The van der Waals surface area contributed by atoms with E-state index in [1.807, 2.05) is 0 Å². The molecule has 3 aromatic rings. The maximum absolute atomic E-state index is 14.4. The number of ether oxygens (including phenoxy) is 1. The Morgan fingerprint density at radius 3 is 2.42 bits per heavy atom. The monoisotopic (exact) mass is 477 g/mol. The highest BCUT2D eigenvalue weighted by Crippen LogP contribution is 2.42. The molecule has 33 heavy (non-hydrogen) atoms. The molecule has 1 saturated heterocycles. The van der Waals surface area contributed by atoms with Crippen LogP contribution in [0.1, 0.15) is 32.9 Å². The smallest absolute Gasteiger partial charge is 0.378 e. The largest absolute Gasteiger partial charge is 0.431 e. The van der Waals surface area contributed by atoms with Gasteiger partial charge in [-0.25, -0.2) is 4.98 Å². The molecule has 4 rings (SSSR count). The molecular weight excluding hydrogens is 455 g/mol. The van der Waals surface area contributed by atoms with E-state index in [0.29, 0.717) is 43.0 Å². The van der Waals surface area contributed by atoms with Gasteiger partial charge in [-0.05, 0) is 36.6 Å². The van der Waals surface area contributed by atoms with Crippen molar-refractivity contribution in [3.05, 3.63) is 75.8 Å². The van der Waals surface area contributed by atoms with E-state index in [2.05, 4.69) is 4.98 Å². The molecule has 9 heteroatoms. The summed E-state index contributed by atoms with van der Waals surface area (Å²) in [4.78, 5) is 19.3. The Bertz CT molecular complexity index is 1170. The van der Waals surface area contributed by atoms with Crippen molar-refractivity contribution in [1.29, 1.82) is 0 Å². The predicted octanol–water partition coefficient (Wildman–Crippen LogP) is 5.36. The molecule has 1 amide bonds. The molecule has 0 atom stereocenters. The summed E-state index contributed by atoms with van der Waals surface area (Å²) in [5, 5.41) is 0.231. The number of alkyl halides is 3. The number of aryl methyl sites for hydroxylation is 1. The first kappa shape index (κ1) is 23.3. The number of hydrogen-bond donors (Lipinski definition) is 0. The number of benzene rings is 1. The number of hydrogen-bond acceptors (Lipinski definition) is 3. The first-order chi connectivity index (χ1) is 15.7. The van der Waals surface area contributed by atoms with Gasteiger partial charge in [0.25, 0.3) is 5.91 Å². The van der Waals surface area contributed by atoms with Crippen molar-refractivity contribution in [2.75, 3.05) is 26.3 Å². The van der Waals surface area contributed by atoms with Crippen LogP contribution in [0.3, 0.4) is 0 Å². The van der Waals surface area contributed by atoms with E-state index >= 15 is 0 Å².